The van der Waals surface area contributed by atoms with Crippen LogP contribution in [-0.2, 0) is 13.3 Å². The van der Waals surface area contributed by atoms with Crippen molar-refractivity contribution in [3.05, 3.63) is 0 Å². The van der Waals surface area contributed by atoms with Crippen molar-refractivity contribution >= 4 is 8.80 Å². The lowest BCUT2D eigenvalue weighted by Gasteiger charge is -2.42. The Labute approximate surface area is 115 Å². The lowest BCUT2D eigenvalue weighted by atomic mass is 10.0. The molecule has 0 aliphatic carbocycles. The highest BCUT2D eigenvalue weighted by atomic mass is 28.4. The average molecular weight is 276 g/mol. The standard InChI is InChI=1S/C14H32O3Si/c1-7-12-13-14(6,8-2)18(15-9-3,16-10-4)17-11-5/h7-13H2,1-6H3. The third-order valence-electron chi connectivity index (χ3n) is 3.60. The van der Waals surface area contributed by atoms with Gasteiger partial charge in [-0.3, -0.25) is 0 Å². The minimum Gasteiger partial charge on any atom is -0.373 e. The molecule has 0 aromatic rings. The molecule has 1 atom stereocenters. The molecule has 0 aliphatic heterocycles. The Morgan fingerprint density at radius 2 is 1.28 bits per heavy atom. The van der Waals surface area contributed by atoms with Gasteiger partial charge in [0.15, 0.2) is 0 Å². The summed E-state index contributed by atoms with van der Waals surface area (Å²) in [6, 6.07) is 0. The summed E-state index contributed by atoms with van der Waals surface area (Å²) >= 11 is 0. The molecule has 0 N–H and O–H groups in total. The van der Waals surface area contributed by atoms with Gasteiger partial charge in [0.25, 0.3) is 0 Å². The number of hydrogen-bond acceptors (Lipinski definition) is 3. The van der Waals surface area contributed by atoms with Crippen LogP contribution in [0.15, 0.2) is 0 Å². The second-order valence-electron chi connectivity index (χ2n) is 4.87. The van der Waals surface area contributed by atoms with E-state index < -0.39 is 8.80 Å². The van der Waals surface area contributed by atoms with Crippen LogP contribution >= 0.6 is 0 Å². The van der Waals surface area contributed by atoms with Gasteiger partial charge in [-0.05, 0) is 33.6 Å². The van der Waals surface area contributed by atoms with E-state index in [1.54, 1.807) is 0 Å². The molecule has 4 heteroatoms. The van der Waals surface area contributed by atoms with Crippen molar-refractivity contribution in [2.24, 2.45) is 0 Å². The SMILES string of the molecule is CCCCC(C)(CC)[Si](OCC)(OCC)OCC. The van der Waals surface area contributed by atoms with Gasteiger partial charge in [0, 0.05) is 24.9 Å². The molecule has 0 fully saturated rings. The van der Waals surface area contributed by atoms with Gasteiger partial charge >= 0.3 is 8.80 Å². The second-order valence-corrected chi connectivity index (χ2v) is 8.06. The van der Waals surface area contributed by atoms with Gasteiger partial charge in [-0.1, -0.05) is 33.6 Å². The molecule has 18 heavy (non-hydrogen) atoms. The van der Waals surface area contributed by atoms with Crippen LogP contribution < -0.4 is 0 Å². The summed E-state index contributed by atoms with van der Waals surface area (Å²) in [6.07, 6.45) is 4.56. The third-order valence-corrected chi connectivity index (χ3v) is 7.69. The Morgan fingerprint density at radius 1 is 0.833 bits per heavy atom. The summed E-state index contributed by atoms with van der Waals surface area (Å²) in [5.41, 5.74) is 0. The van der Waals surface area contributed by atoms with E-state index in [0.717, 1.165) is 12.8 Å². The van der Waals surface area contributed by atoms with E-state index in [1.807, 2.05) is 20.8 Å². The van der Waals surface area contributed by atoms with Crippen molar-refractivity contribution in [2.75, 3.05) is 19.8 Å². The van der Waals surface area contributed by atoms with Gasteiger partial charge in [0.05, 0.1) is 0 Å². The van der Waals surface area contributed by atoms with Crippen molar-refractivity contribution in [1.82, 2.24) is 0 Å². The van der Waals surface area contributed by atoms with Crippen molar-refractivity contribution < 1.29 is 13.3 Å². The first-order valence-electron chi connectivity index (χ1n) is 7.47. The predicted octanol–water partition coefficient (Wildman–Crippen LogP) is 4.40. The maximum atomic E-state index is 6.06. The number of hydrogen-bond donors (Lipinski definition) is 0. The molecule has 110 valence electrons. The largest absolute Gasteiger partial charge is 0.507 e. The lowest BCUT2D eigenvalue weighted by molar-refractivity contribution is 0.0421. The second kappa shape index (κ2) is 9.07. The normalized spacial score (nSPS) is 15.7. The van der Waals surface area contributed by atoms with Gasteiger partial charge in [-0.15, -0.1) is 0 Å². The van der Waals surface area contributed by atoms with Crippen LogP contribution in [0.3, 0.4) is 0 Å². The van der Waals surface area contributed by atoms with Crippen LogP contribution in [0, 0.1) is 0 Å². The smallest absolute Gasteiger partial charge is 0.373 e. The molecule has 0 bridgehead atoms. The van der Waals surface area contributed by atoms with Crippen molar-refractivity contribution in [3.8, 4) is 0 Å². The Kier molecular flexibility index (Phi) is 9.12. The number of unbranched alkanes of at least 4 members (excludes halogenated alkanes) is 1. The molecule has 0 amide bonds. The molecule has 0 rings (SSSR count). The zero-order valence-corrected chi connectivity index (χ0v) is 14.2. The summed E-state index contributed by atoms with van der Waals surface area (Å²) in [5.74, 6) is 0. The van der Waals surface area contributed by atoms with Gasteiger partial charge in [0.2, 0.25) is 0 Å². The molecule has 0 radical (unpaired) electrons. The van der Waals surface area contributed by atoms with Crippen LogP contribution in [0.25, 0.3) is 0 Å². The van der Waals surface area contributed by atoms with Crippen molar-refractivity contribution in [1.29, 1.82) is 0 Å². The highest BCUT2D eigenvalue weighted by molar-refractivity contribution is 6.64. The van der Waals surface area contributed by atoms with Crippen molar-refractivity contribution in [3.63, 3.8) is 0 Å². The molecule has 0 heterocycles. The molecular weight excluding hydrogens is 244 g/mol. The molecular formula is C14H32O3Si. The molecule has 0 saturated heterocycles. The van der Waals surface area contributed by atoms with E-state index in [4.69, 9.17) is 13.3 Å². The highest BCUT2D eigenvalue weighted by Crippen LogP contribution is 2.47. The fraction of sp³-hybridized carbons (Fsp3) is 1.00. The quantitative estimate of drug-likeness (QED) is 0.524. The minimum atomic E-state index is -2.59. The molecule has 0 aromatic heterocycles. The topological polar surface area (TPSA) is 27.7 Å². The van der Waals surface area contributed by atoms with Crippen LogP contribution in [0.2, 0.25) is 5.04 Å². The van der Waals surface area contributed by atoms with Gasteiger partial charge in [0.1, 0.15) is 0 Å². The molecule has 0 saturated carbocycles. The van der Waals surface area contributed by atoms with Gasteiger partial charge in [-0.25, -0.2) is 0 Å². The van der Waals surface area contributed by atoms with Gasteiger partial charge in [-0.2, -0.15) is 0 Å². The summed E-state index contributed by atoms with van der Waals surface area (Å²) < 4.78 is 18.2. The molecule has 0 aliphatic rings. The monoisotopic (exact) mass is 276 g/mol. The first kappa shape index (κ1) is 18.1. The number of rotatable bonds is 11. The average Bonchev–Trinajstić information content (AvgIpc) is 2.36. The molecule has 0 aromatic carbocycles. The van der Waals surface area contributed by atoms with E-state index in [1.165, 1.54) is 12.8 Å². The fourth-order valence-electron chi connectivity index (χ4n) is 2.33. The summed E-state index contributed by atoms with van der Waals surface area (Å²) in [7, 11) is -2.59. The zero-order chi connectivity index (χ0) is 14.1. The third kappa shape index (κ3) is 4.33. The van der Waals surface area contributed by atoms with E-state index in [0.29, 0.717) is 19.8 Å². The maximum Gasteiger partial charge on any atom is 0.507 e. The van der Waals surface area contributed by atoms with E-state index in [9.17, 15) is 0 Å². The summed E-state index contributed by atoms with van der Waals surface area (Å²) in [6.45, 7) is 14.8. The molecule has 0 spiro atoms. The van der Waals surface area contributed by atoms with Crippen LogP contribution in [0.5, 0.6) is 0 Å². The van der Waals surface area contributed by atoms with E-state index >= 15 is 0 Å². The predicted molar refractivity (Wildman–Crippen MR) is 78.8 cm³/mol. The van der Waals surface area contributed by atoms with Crippen LogP contribution in [0.1, 0.15) is 67.2 Å². The Hall–Kier alpha value is 0.0969. The summed E-state index contributed by atoms with van der Waals surface area (Å²) in [4.78, 5) is 0. The Balaban J connectivity index is 5.16. The summed E-state index contributed by atoms with van der Waals surface area (Å²) in [5, 5.41) is 0.0328. The Morgan fingerprint density at radius 3 is 1.56 bits per heavy atom. The highest BCUT2D eigenvalue weighted by Gasteiger charge is 2.56. The van der Waals surface area contributed by atoms with E-state index in [2.05, 4.69) is 20.8 Å². The Bertz CT molecular complexity index is 194. The van der Waals surface area contributed by atoms with Crippen LogP contribution in [0.4, 0.5) is 0 Å². The van der Waals surface area contributed by atoms with Crippen LogP contribution in [-0.4, -0.2) is 28.6 Å². The maximum absolute atomic E-state index is 6.06. The molecule has 1 unspecified atom stereocenters. The first-order valence-corrected chi connectivity index (χ1v) is 9.20. The van der Waals surface area contributed by atoms with E-state index in [-0.39, 0.29) is 5.04 Å². The van der Waals surface area contributed by atoms with Crippen molar-refractivity contribution in [2.45, 2.75) is 72.3 Å². The van der Waals surface area contributed by atoms with Gasteiger partial charge < -0.3 is 13.3 Å². The first-order chi connectivity index (χ1) is 8.55. The fourth-order valence-corrected chi connectivity index (χ4v) is 5.68. The zero-order valence-electron chi connectivity index (χ0n) is 13.2. The lowest BCUT2D eigenvalue weighted by Crippen LogP contribution is -2.55. The molecule has 3 nitrogen and oxygen atoms in total. The minimum absolute atomic E-state index is 0.0328.